The van der Waals surface area contributed by atoms with Crippen molar-refractivity contribution in [2.45, 2.75) is 25.3 Å². The fraction of sp³-hybridized carbons (Fsp3) is 1.00. The van der Waals surface area contributed by atoms with Crippen LogP contribution in [0.1, 0.15) is 19.3 Å². The van der Waals surface area contributed by atoms with E-state index >= 15 is 0 Å². The van der Waals surface area contributed by atoms with E-state index in [-0.39, 0.29) is 0 Å². The summed E-state index contributed by atoms with van der Waals surface area (Å²) in [6, 6.07) is 0.469. The number of nitrogens with one attached hydrogen (secondary N) is 1. The van der Waals surface area contributed by atoms with Crippen LogP contribution in [0.2, 0.25) is 0 Å². The molecular formula is C9H20N2O. The van der Waals surface area contributed by atoms with Crippen LogP contribution in [-0.4, -0.2) is 32.8 Å². The summed E-state index contributed by atoms with van der Waals surface area (Å²) >= 11 is 0. The molecule has 0 radical (unpaired) electrons. The molecule has 3 heteroatoms. The highest BCUT2D eigenvalue weighted by molar-refractivity contribution is 4.72. The number of rotatable bonds is 4. The summed E-state index contributed by atoms with van der Waals surface area (Å²) in [5, 5.41) is 3.22. The average Bonchev–Trinajstić information content (AvgIpc) is 2.16. The SMILES string of the molecule is CNC(CN)C[C@H]1CCCOC1. The molecule has 0 amide bonds. The molecule has 12 heavy (non-hydrogen) atoms. The number of ether oxygens (including phenoxy) is 1. The van der Waals surface area contributed by atoms with Gasteiger partial charge >= 0.3 is 0 Å². The third-order valence-corrected chi connectivity index (χ3v) is 2.57. The molecule has 1 heterocycles. The third kappa shape index (κ3) is 3.09. The van der Waals surface area contributed by atoms with Gasteiger partial charge in [0.25, 0.3) is 0 Å². The number of hydrogen-bond donors (Lipinski definition) is 2. The lowest BCUT2D eigenvalue weighted by Gasteiger charge is -2.25. The maximum absolute atomic E-state index is 5.60. The highest BCUT2D eigenvalue weighted by atomic mass is 16.5. The molecule has 72 valence electrons. The largest absolute Gasteiger partial charge is 0.381 e. The van der Waals surface area contributed by atoms with Gasteiger partial charge in [0.15, 0.2) is 0 Å². The molecule has 0 spiro atoms. The van der Waals surface area contributed by atoms with Crippen LogP contribution in [0.4, 0.5) is 0 Å². The zero-order valence-corrected chi connectivity index (χ0v) is 7.88. The van der Waals surface area contributed by atoms with Gasteiger partial charge in [-0.15, -0.1) is 0 Å². The lowest BCUT2D eigenvalue weighted by molar-refractivity contribution is 0.0482. The minimum absolute atomic E-state index is 0.469. The molecule has 1 aliphatic heterocycles. The Morgan fingerprint density at radius 2 is 2.50 bits per heavy atom. The first-order chi connectivity index (χ1) is 5.86. The second-order valence-electron chi connectivity index (χ2n) is 3.54. The van der Waals surface area contributed by atoms with Crippen LogP contribution in [0.25, 0.3) is 0 Å². The highest BCUT2D eigenvalue weighted by Gasteiger charge is 2.17. The standard InChI is InChI=1S/C9H20N2O/c1-11-9(6-10)5-8-3-2-4-12-7-8/h8-9,11H,2-7,10H2,1H3/t8-,9?/m1/s1. The summed E-state index contributed by atoms with van der Waals surface area (Å²) in [5.41, 5.74) is 5.60. The van der Waals surface area contributed by atoms with Crippen LogP contribution >= 0.6 is 0 Å². The van der Waals surface area contributed by atoms with Crippen molar-refractivity contribution in [2.24, 2.45) is 11.7 Å². The van der Waals surface area contributed by atoms with Crippen molar-refractivity contribution in [1.29, 1.82) is 0 Å². The summed E-state index contributed by atoms with van der Waals surface area (Å²) in [6.07, 6.45) is 3.68. The van der Waals surface area contributed by atoms with Crippen LogP contribution in [0.15, 0.2) is 0 Å². The molecule has 1 unspecified atom stereocenters. The van der Waals surface area contributed by atoms with Gasteiger partial charge < -0.3 is 15.8 Å². The molecule has 1 fully saturated rings. The Bertz CT molecular complexity index is 109. The first-order valence-electron chi connectivity index (χ1n) is 4.82. The van der Waals surface area contributed by atoms with E-state index in [1.807, 2.05) is 7.05 Å². The lowest BCUT2D eigenvalue weighted by Crippen LogP contribution is -2.36. The van der Waals surface area contributed by atoms with Crippen molar-refractivity contribution < 1.29 is 4.74 Å². The Morgan fingerprint density at radius 1 is 1.67 bits per heavy atom. The maximum Gasteiger partial charge on any atom is 0.0494 e. The molecule has 0 aromatic heterocycles. The summed E-state index contributed by atoms with van der Waals surface area (Å²) in [4.78, 5) is 0. The molecular weight excluding hydrogens is 152 g/mol. The van der Waals surface area contributed by atoms with E-state index in [9.17, 15) is 0 Å². The normalized spacial score (nSPS) is 27.0. The second kappa shape index (κ2) is 5.51. The monoisotopic (exact) mass is 172 g/mol. The Kier molecular flexibility index (Phi) is 4.58. The fourth-order valence-corrected chi connectivity index (χ4v) is 1.73. The van der Waals surface area contributed by atoms with Gasteiger partial charge in [-0.1, -0.05) is 0 Å². The van der Waals surface area contributed by atoms with E-state index in [2.05, 4.69) is 5.32 Å². The molecule has 0 aromatic rings. The third-order valence-electron chi connectivity index (χ3n) is 2.57. The van der Waals surface area contributed by atoms with Crippen LogP contribution < -0.4 is 11.1 Å². The van der Waals surface area contributed by atoms with E-state index in [1.165, 1.54) is 12.8 Å². The van der Waals surface area contributed by atoms with Crippen molar-refractivity contribution >= 4 is 0 Å². The molecule has 0 aliphatic carbocycles. The van der Waals surface area contributed by atoms with Crippen molar-refractivity contribution in [1.82, 2.24) is 5.32 Å². The molecule has 1 rings (SSSR count). The van der Waals surface area contributed by atoms with E-state index in [0.717, 1.165) is 32.1 Å². The summed E-state index contributed by atoms with van der Waals surface area (Å²) in [6.45, 7) is 2.61. The minimum atomic E-state index is 0.469. The van der Waals surface area contributed by atoms with E-state index in [1.54, 1.807) is 0 Å². The maximum atomic E-state index is 5.60. The van der Waals surface area contributed by atoms with Crippen molar-refractivity contribution in [3.8, 4) is 0 Å². The van der Waals surface area contributed by atoms with Gasteiger partial charge in [0, 0.05) is 25.8 Å². The lowest BCUT2D eigenvalue weighted by atomic mass is 9.94. The first-order valence-corrected chi connectivity index (χ1v) is 4.82. The average molecular weight is 172 g/mol. The van der Waals surface area contributed by atoms with Crippen molar-refractivity contribution in [2.75, 3.05) is 26.8 Å². The highest BCUT2D eigenvalue weighted by Crippen LogP contribution is 2.18. The summed E-state index contributed by atoms with van der Waals surface area (Å²) in [7, 11) is 1.97. The number of likely N-dealkylation sites (N-methyl/N-ethyl adjacent to an activating group) is 1. The van der Waals surface area contributed by atoms with Gasteiger partial charge in [-0.3, -0.25) is 0 Å². The van der Waals surface area contributed by atoms with Crippen LogP contribution in [0.3, 0.4) is 0 Å². The molecule has 0 bridgehead atoms. The van der Waals surface area contributed by atoms with E-state index in [0.29, 0.717) is 6.04 Å². The van der Waals surface area contributed by atoms with E-state index < -0.39 is 0 Å². The van der Waals surface area contributed by atoms with Crippen molar-refractivity contribution in [3.63, 3.8) is 0 Å². The summed E-state index contributed by atoms with van der Waals surface area (Å²) in [5.74, 6) is 0.722. The molecule has 2 atom stereocenters. The van der Waals surface area contributed by atoms with Gasteiger partial charge in [-0.2, -0.15) is 0 Å². The second-order valence-corrected chi connectivity index (χ2v) is 3.54. The Labute approximate surface area is 74.7 Å². The zero-order chi connectivity index (χ0) is 8.81. The van der Waals surface area contributed by atoms with Crippen molar-refractivity contribution in [3.05, 3.63) is 0 Å². The zero-order valence-electron chi connectivity index (χ0n) is 7.88. The minimum Gasteiger partial charge on any atom is -0.381 e. The van der Waals surface area contributed by atoms with Crippen LogP contribution in [-0.2, 0) is 4.74 Å². The molecule has 3 N–H and O–H groups in total. The fourth-order valence-electron chi connectivity index (χ4n) is 1.73. The Morgan fingerprint density at radius 3 is 3.00 bits per heavy atom. The molecule has 1 saturated heterocycles. The molecule has 1 aliphatic rings. The Balaban J connectivity index is 2.18. The smallest absolute Gasteiger partial charge is 0.0494 e. The quantitative estimate of drug-likeness (QED) is 0.643. The molecule has 3 nitrogen and oxygen atoms in total. The first kappa shape index (κ1) is 9.96. The summed E-state index contributed by atoms with van der Waals surface area (Å²) < 4.78 is 5.40. The van der Waals surface area contributed by atoms with Gasteiger partial charge in [0.1, 0.15) is 0 Å². The topological polar surface area (TPSA) is 47.3 Å². The molecule has 0 aromatic carbocycles. The van der Waals surface area contributed by atoms with Gasteiger partial charge in [-0.25, -0.2) is 0 Å². The van der Waals surface area contributed by atoms with E-state index in [4.69, 9.17) is 10.5 Å². The predicted octanol–water partition coefficient (Wildman–Crippen LogP) is 0.350. The number of hydrogen-bond acceptors (Lipinski definition) is 3. The van der Waals surface area contributed by atoms with Gasteiger partial charge in [0.05, 0.1) is 0 Å². The van der Waals surface area contributed by atoms with Gasteiger partial charge in [0.2, 0.25) is 0 Å². The Hall–Kier alpha value is -0.120. The van der Waals surface area contributed by atoms with Crippen LogP contribution in [0.5, 0.6) is 0 Å². The number of nitrogens with two attached hydrogens (primary N) is 1. The molecule has 0 saturated carbocycles. The van der Waals surface area contributed by atoms with Gasteiger partial charge in [-0.05, 0) is 32.2 Å². The predicted molar refractivity (Wildman–Crippen MR) is 50.1 cm³/mol. The van der Waals surface area contributed by atoms with Crippen LogP contribution in [0, 0.1) is 5.92 Å².